The molecule has 1 aromatic carbocycles. The molecule has 19 heavy (non-hydrogen) atoms. The van der Waals surface area contributed by atoms with E-state index in [1.165, 1.54) is 12.3 Å². The van der Waals surface area contributed by atoms with Crippen molar-refractivity contribution in [3.63, 3.8) is 0 Å². The number of methoxy groups -OCH3 is 1. The lowest BCUT2D eigenvalue weighted by Crippen LogP contribution is -2.15. The Morgan fingerprint density at radius 3 is 2.74 bits per heavy atom. The maximum Gasteiger partial charge on any atom is 0.171 e. The number of rotatable bonds is 4. The van der Waals surface area contributed by atoms with Gasteiger partial charge in [-0.2, -0.15) is 0 Å². The summed E-state index contributed by atoms with van der Waals surface area (Å²) < 4.78 is 19.4. The van der Waals surface area contributed by atoms with Gasteiger partial charge in [0.25, 0.3) is 0 Å². The Labute approximate surface area is 111 Å². The molecule has 0 spiro atoms. The molecule has 0 aliphatic carbocycles. The molecule has 0 amide bonds. The SMILES string of the molecule is COc1ccccc1N(C)c1nccc(CO)c1F. The van der Waals surface area contributed by atoms with Crippen molar-refractivity contribution in [3.8, 4) is 5.75 Å². The molecule has 0 atom stereocenters. The van der Waals surface area contributed by atoms with Crippen LogP contribution in [0.3, 0.4) is 0 Å². The van der Waals surface area contributed by atoms with Crippen molar-refractivity contribution in [2.24, 2.45) is 0 Å². The van der Waals surface area contributed by atoms with E-state index in [1.54, 1.807) is 25.1 Å². The largest absolute Gasteiger partial charge is 0.495 e. The van der Waals surface area contributed by atoms with Crippen LogP contribution in [-0.2, 0) is 6.61 Å². The minimum absolute atomic E-state index is 0.149. The Bertz CT molecular complexity index is 575. The van der Waals surface area contributed by atoms with Crippen molar-refractivity contribution in [2.75, 3.05) is 19.1 Å². The molecule has 0 aliphatic heterocycles. The molecule has 0 bridgehead atoms. The molecule has 2 rings (SSSR count). The van der Waals surface area contributed by atoms with Crippen molar-refractivity contribution in [1.29, 1.82) is 0 Å². The van der Waals surface area contributed by atoms with E-state index < -0.39 is 5.82 Å². The highest BCUT2D eigenvalue weighted by Crippen LogP contribution is 2.32. The number of pyridine rings is 1. The number of ether oxygens (including phenoxy) is 1. The molecule has 0 radical (unpaired) electrons. The topological polar surface area (TPSA) is 45.6 Å². The second kappa shape index (κ2) is 5.67. The fourth-order valence-corrected chi connectivity index (χ4v) is 1.85. The number of aliphatic hydroxyl groups is 1. The molecule has 1 N–H and O–H groups in total. The molecule has 4 nitrogen and oxygen atoms in total. The van der Waals surface area contributed by atoms with Crippen LogP contribution in [0.5, 0.6) is 5.75 Å². The lowest BCUT2D eigenvalue weighted by Gasteiger charge is -2.21. The molecular weight excluding hydrogens is 247 g/mol. The molecule has 2 aromatic rings. The molecule has 0 saturated heterocycles. The van der Waals surface area contributed by atoms with Gasteiger partial charge in [-0.25, -0.2) is 9.37 Å². The van der Waals surface area contributed by atoms with E-state index in [0.29, 0.717) is 11.4 Å². The standard InChI is InChI=1S/C14H15FN2O2/c1-17(11-5-3-4-6-12(11)19-2)14-13(15)10(9-18)7-8-16-14/h3-8,18H,9H2,1-2H3. The van der Waals surface area contributed by atoms with Gasteiger partial charge in [0.1, 0.15) is 5.75 Å². The first kappa shape index (κ1) is 13.3. The van der Waals surface area contributed by atoms with Gasteiger partial charge in [-0.1, -0.05) is 12.1 Å². The molecule has 0 aliphatic rings. The molecular formula is C14H15FN2O2. The molecule has 1 heterocycles. The first-order chi connectivity index (χ1) is 9.19. The summed E-state index contributed by atoms with van der Waals surface area (Å²) in [5, 5.41) is 9.08. The van der Waals surface area contributed by atoms with E-state index in [4.69, 9.17) is 9.84 Å². The third kappa shape index (κ3) is 2.51. The molecule has 0 unspecified atom stereocenters. The van der Waals surface area contributed by atoms with Crippen molar-refractivity contribution < 1.29 is 14.2 Å². The van der Waals surface area contributed by atoms with Crippen LogP contribution in [-0.4, -0.2) is 24.2 Å². The van der Waals surface area contributed by atoms with Crippen molar-refractivity contribution in [1.82, 2.24) is 4.98 Å². The number of nitrogens with zero attached hydrogens (tertiary/aromatic N) is 2. The van der Waals surface area contributed by atoms with Gasteiger partial charge in [-0.05, 0) is 18.2 Å². The van der Waals surface area contributed by atoms with Crippen LogP contribution in [0.2, 0.25) is 0 Å². The Hall–Kier alpha value is -2.14. The van der Waals surface area contributed by atoms with Crippen molar-refractivity contribution in [2.45, 2.75) is 6.61 Å². The number of anilines is 2. The Morgan fingerprint density at radius 2 is 2.05 bits per heavy atom. The van der Waals surface area contributed by atoms with Gasteiger partial charge >= 0.3 is 0 Å². The van der Waals surface area contributed by atoms with E-state index in [0.717, 1.165) is 0 Å². The highest BCUT2D eigenvalue weighted by molar-refractivity contribution is 5.67. The molecule has 0 fully saturated rings. The minimum atomic E-state index is -0.529. The lowest BCUT2D eigenvalue weighted by atomic mass is 10.2. The van der Waals surface area contributed by atoms with Gasteiger partial charge in [0.05, 0.1) is 19.4 Å². The van der Waals surface area contributed by atoms with Gasteiger partial charge in [-0.15, -0.1) is 0 Å². The normalized spacial score (nSPS) is 10.3. The van der Waals surface area contributed by atoms with E-state index in [1.807, 2.05) is 18.2 Å². The summed E-state index contributed by atoms with van der Waals surface area (Å²) in [5.74, 6) is 0.245. The monoisotopic (exact) mass is 262 g/mol. The number of aromatic nitrogens is 1. The van der Waals surface area contributed by atoms with Crippen molar-refractivity contribution >= 4 is 11.5 Å². The predicted octanol–water partition coefficient (Wildman–Crippen LogP) is 2.49. The number of aliphatic hydroxyl groups excluding tert-OH is 1. The van der Waals surface area contributed by atoms with Gasteiger partial charge < -0.3 is 14.7 Å². The first-order valence-corrected chi connectivity index (χ1v) is 5.80. The average Bonchev–Trinajstić information content (AvgIpc) is 2.46. The highest BCUT2D eigenvalue weighted by atomic mass is 19.1. The fraction of sp³-hybridized carbons (Fsp3) is 0.214. The molecule has 100 valence electrons. The second-order valence-electron chi connectivity index (χ2n) is 4.00. The number of benzene rings is 1. The summed E-state index contributed by atoms with van der Waals surface area (Å²) in [7, 11) is 3.25. The Morgan fingerprint density at radius 1 is 1.32 bits per heavy atom. The van der Waals surface area contributed by atoms with Gasteiger partial charge in [0.15, 0.2) is 11.6 Å². The van der Waals surface area contributed by atoms with Crippen LogP contribution < -0.4 is 9.64 Å². The second-order valence-corrected chi connectivity index (χ2v) is 4.00. The summed E-state index contributed by atoms with van der Waals surface area (Å²) >= 11 is 0. The quantitative estimate of drug-likeness (QED) is 0.919. The zero-order chi connectivity index (χ0) is 13.8. The number of para-hydroxylation sites is 2. The third-order valence-electron chi connectivity index (χ3n) is 2.89. The fourth-order valence-electron chi connectivity index (χ4n) is 1.85. The Kier molecular flexibility index (Phi) is 3.97. The van der Waals surface area contributed by atoms with E-state index in [-0.39, 0.29) is 18.0 Å². The van der Waals surface area contributed by atoms with E-state index in [2.05, 4.69) is 4.98 Å². The molecule has 0 saturated carbocycles. The summed E-state index contributed by atoms with van der Waals surface area (Å²) in [6, 6.07) is 8.73. The maximum atomic E-state index is 14.1. The van der Waals surface area contributed by atoms with Crippen LogP contribution in [0.15, 0.2) is 36.5 Å². The summed E-state index contributed by atoms with van der Waals surface area (Å²) in [6.07, 6.45) is 1.47. The zero-order valence-corrected chi connectivity index (χ0v) is 10.8. The van der Waals surface area contributed by atoms with Crippen LogP contribution in [0.1, 0.15) is 5.56 Å². The van der Waals surface area contributed by atoms with Gasteiger partial charge in [0, 0.05) is 18.8 Å². The summed E-state index contributed by atoms with van der Waals surface area (Å²) in [5.41, 5.74) is 0.915. The summed E-state index contributed by atoms with van der Waals surface area (Å²) in [6.45, 7) is -0.360. The smallest absolute Gasteiger partial charge is 0.171 e. The van der Waals surface area contributed by atoms with Gasteiger partial charge in [-0.3, -0.25) is 0 Å². The van der Waals surface area contributed by atoms with E-state index in [9.17, 15) is 4.39 Å². The maximum absolute atomic E-state index is 14.1. The first-order valence-electron chi connectivity index (χ1n) is 5.80. The number of halogens is 1. The third-order valence-corrected chi connectivity index (χ3v) is 2.89. The van der Waals surface area contributed by atoms with Crippen LogP contribution in [0, 0.1) is 5.82 Å². The van der Waals surface area contributed by atoms with Gasteiger partial charge in [0.2, 0.25) is 0 Å². The number of hydrogen-bond acceptors (Lipinski definition) is 4. The Balaban J connectivity index is 2.47. The van der Waals surface area contributed by atoms with Crippen LogP contribution >= 0.6 is 0 Å². The zero-order valence-electron chi connectivity index (χ0n) is 10.8. The van der Waals surface area contributed by atoms with Crippen LogP contribution in [0.25, 0.3) is 0 Å². The number of hydrogen-bond donors (Lipinski definition) is 1. The highest BCUT2D eigenvalue weighted by Gasteiger charge is 2.16. The average molecular weight is 262 g/mol. The minimum Gasteiger partial charge on any atom is -0.495 e. The van der Waals surface area contributed by atoms with E-state index >= 15 is 0 Å². The predicted molar refractivity (Wildman–Crippen MR) is 71.2 cm³/mol. The van der Waals surface area contributed by atoms with Crippen LogP contribution in [0.4, 0.5) is 15.9 Å². The summed E-state index contributed by atoms with van der Waals surface area (Å²) in [4.78, 5) is 5.61. The lowest BCUT2D eigenvalue weighted by molar-refractivity contribution is 0.275. The molecule has 1 aromatic heterocycles. The molecule has 5 heteroatoms. The van der Waals surface area contributed by atoms with Crippen molar-refractivity contribution in [3.05, 3.63) is 47.9 Å².